The number of nitrogens with zero attached hydrogens (tertiary/aromatic N) is 1. The first-order valence-corrected chi connectivity index (χ1v) is 7.00. The maximum absolute atomic E-state index is 12.0. The third-order valence-electron chi connectivity index (χ3n) is 4.65. The van der Waals surface area contributed by atoms with Gasteiger partial charge in [-0.1, -0.05) is 12.8 Å². The quantitative estimate of drug-likeness (QED) is 0.643. The van der Waals surface area contributed by atoms with Crippen molar-refractivity contribution in [1.29, 1.82) is 0 Å². The molecular formula is C12H18ClN3O2. The zero-order valence-corrected chi connectivity index (χ0v) is 11.1. The van der Waals surface area contributed by atoms with E-state index < -0.39 is 6.03 Å². The van der Waals surface area contributed by atoms with Crippen molar-refractivity contribution in [2.45, 2.75) is 43.3 Å². The molecule has 2 heterocycles. The van der Waals surface area contributed by atoms with Gasteiger partial charge in [-0.3, -0.25) is 15.0 Å². The topological polar surface area (TPSA) is 61.4 Å². The highest BCUT2D eigenvalue weighted by atomic mass is 35.5. The molecule has 3 aliphatic rings. The van der Waals surface area contributed by atoms with Crippen LogP contribution in [0, 0.1) is 11.8 Å². The minimum Gasteiger partial charge on any atom is -0.321 e. The second kappa shape index (κ2) is 4.38. The molecular weight excluding hydrogens is 254 g/mol. The summed E-state index contributed by atoms with van der Waals surface area (Å²) in [5, 5.41) is 4.97. The van der Waals surface area contributed by atoms with E-state index in [9.17, 15) is 9.59 Å². The van der Waals surface area contributed by atoms with Gasteiger partial charge in [0.25, 0.3) is 0 Å². The first-order valence-electron chi connectivity index (χ1n) is 6.57. The number of likely N-dealkylation sites (tertiary alicyclic amines) is 1. The van der Waals surface area contributed by atoms with E-state index in [2.05, 4.69) is 15.5 Å². The van der Waals surface area contributed by atoms with Crippen molar-refractivity contribution >= 4 is 23.5 Å². The van der Waals surface area contributed by atoms with Crippen LogP contribution in [0.4, 0.5) is 4.79 Å². The van der Waals surface area contributed by atoms with E-state index in [4.69, 9.17) is 11.6 Å². The van der Waals surface area contributed by atoms with Gasteiger partial charge in [-0.15, -0.1) is 11.6 Å². The Hall–Kier alpha value is -0.810. The van der Waals surface area contributed by atoms with Gasteiger partial charge in [-0.25, -0.2) is 4.79 Å². The number of nitrogens with one attached hydrogen (secondary N) is 2. The second-order valence-corrected chi connectivity index (χ2v) is 6.06. The maximum atomic E-state index is 12.0. The summed E-state index contributed by atoms with van der Waals surface area (Å²) in [6.45, 7) is 0. The van der Waals surface area contributed by atoms with Crippen LogP contribution in [0.1, 0.15) is 25.7 Å². The second-order valence-electron chi connectivity index (χ2n) is 5.56. The average Bonchev–Trinajstić information content (AvgIpc) is 2.35. The first kappa shape index (κ1) is 12.2. The lowest BCUT2D eigenvalue weighted by Crippen LogP contribution is -2.72. The fourth-order valence-corrected chi connectivity index (χ4v) is 4.31. The summed E-state index contributed by atoms with van der Waals surface area (Å²) in [5.41, 5.74) is 0. The Balaban J connectivity index is 1.91. The van der Waals surface area contributed by atoms with Crippen molar-refractivity contribution < 1.29 is 9.59 Å². The van der Waals surface area contributed by atoms with Crippen LogP contribution in [0.5, 0.6) is 0 Å². The molecule has 0 spiro atoms. The van der Waals surface area contributed by atoms with Gasteiger partial charge in [-0.2, -0.15) is 0 Å². The van der Waals surface area contributed by atoms with Gasteiger partial charge >= 0.3 is 6.03 Å². The molecule has 100 valence electrons. The Bertz CT molecular complexity index is 390. The van der Waals surface area contributed by atoms with Crippen molar-refractivity contribution in [3.05, 3.63) is 0 Å². The van der Waals surface area contributed by atoms with Crippen LogP contribution in [0.2, 0.25) is 0 Å². The smallest absolute Gasteiger partial charge is 0.321 e. The number of alkyl halides is 1. The molecule has 2 saturated heterocycles. The minimum atomic E-state index is -0.411. The molecule has 1 saturated carbocycles. The predicted octanol–water partition coefficient (Wildman–Crippen LogP) is 0.880. The number of carbonyl (C=O) groups is 2. The van der Waals surface area contributed by atoms with E-state index >= 15 is 0 Å². The first-order chi connectivity index (χ1) is 8.59. The summed E-state index contributed by atoms with van der Waals surface area (Å²) in [6.07, 6.45) is 4.31. The van der Waals surface area contributed by atoms with Crippen LogP contribution in [0.3, 0.4) is 0 Å². The lowest BCUT2D eigenvalue weighted by molar-refractivity contribution is -0.133. The normalized spacial score (nSPS) is 44.7. The summed E-state index contributed by atoms with van der Waals surface area (Å²) in [6, 6.07) is -0.0278. The van der Waals surface area contributed by atoms with Crippen molar-refractivity contribution in [3.8, 4) is 0 Å². The molecule has 5 atom stereocenters. The number of urea groups is 1. The molecule has 2 aliphatic heterocycles. The molecule has 2 N–H and O–H groups in total. The molecule has 5 nitrogen and oxygen atoms in total. The summed E-state index contributed by atoms with van der Waals surface area (Å²) in [5.74, 6) is -0.222. The van der Waals surface area contributed by atoms with Gasteiger partial charge in [0, 0.05) is 6.04 Å². The lowest BCUT2D eigenvalue weighted by Gasteiger charge is -2.53. The third-order valence-corrected chi connectivity index (χ3v) is 5.25. The van der Waals surface area contributed by atoms with Gasteiger partial charge in [0.2, 0.25) is 5.91 Å². The Labute approximate surface area is 111 Å². The van der Waals surface area contributed by atoms with E-state index in [1.54, 1.807) is 0 Å². The average molecular weight is 272 g/mol. The molecule has 6 heteroatoms. The highest BCUT2D eigenvalue weighted by Crippen LogP contribution is 2.42. The molecule has 0 radical (unpaired) electrons. The molecule has 0 bridgehead atoms. The number of hydrogen-bond donors (Lipinski definition) is 2. The number of rotatable bonds is 0. The van der Waals surface area contributed by atoms with Gasteiger partial charge in [0.1, 0.15) is 0 Å². The molecule has 3 rings (SSSR count). The molecule has 1 aliphatic carbocycles. The van der Waals surface area contributed by atoms with E-state index in [0.717, 1.165) is 12.8 Å². The fourth-order valence-electron chi connectivity index (χ4n) is 3.76. The number of hydrogen-bond acceptors (Lipinski definition) is 3. The van der Waals surface area contributed by atoms with Crippen LogP contribution < -0.4 is 10.6 Å². The van der Waals surface area contributed by atoms with Crippen LogP contribution >= 0.6 is 11.6 Å². The van der Waals surface area contributed by atoms with Gasteiger partial charge in [0.15, 0.2) is 0 Å². The van der Waals surface area contributed by atoms with Crippen molar-refractivity contribution in [3.63, 3.8) is 0 Å². The number of carbonyl (C=O) groups excluding carboxylic acids is 2. The molecule has 0 aromatic rings. The third kappa shape index (κ3) is 1.72. The van der Waals surface area contributed by atoms with Crippen LogP contribution in [-0.2, 0) is 4.79 Å². The van der Waals surface area contributed by atoms with Crippen LogP contribution in [-0.4, -0.2) is 41.5 Å². The van der Waals surface area contributed by atoms with E-state index in [1.165, 1.54) is 12.8 Å². The van der Waals surface area contributed by atoms with Gasteiger partial charge in [-0.05, 0) is 25.8 Å². The van der Waals surface area contributed by atoms with E-state index in [-0.39, 0.29) is 23.4 Å². The highest BCUT2D eigenvalue weighted by molar-refractivity contribution is 6.23. The maximum Gasteiger partial charge on any atom is 0.322 e. The summed E-state index contributed by atoms with van der Waals surface area (Å²) < 4.78 is 0. The molecule has 3 amide bonds. The zero-order valence-electron chi connectivity index (χ0n) is 10.4. The largest absolute Gasteiger partial charge is 0.322 e. The molecule has 0 aromatic heterocycles. The molecule has 3 fully saturated rings. The molecule has 5 unspecified atom stereocenters. The highest BCUT2D eigenvalue weighted by Gasteiger charge is 2.52. The number of fused-ring (bicyclic) bond motifs is 2. The monoisotopic (exact) mass is 271 g/mol. The number of amides is 3. The van der Waals surface area contributed by atoms with Crippen molar-refractivity contribution in [2.24, 2.45) is 11.8 Å². The number of piperidine rings is 1. The SMILES string of the molecule is CN1C2CCCCC2C(Cl)C2C(=O)NC(=O)NC21. The van der Waals surface area contributed by atoms with Gasteiger partial charge in [0.05, 0.1) is 17.5 Å². The Kier molecular flexibility index (Phi) is 2.98. The molecule has 0 aromatic carbocycles. The minimum absolute atomic E-state index is 0.183. The fraction of sp³-hybridized carbons (Fsp3) is 0.833. The van der Waals surface area contributed by atoms with E-state index in [1.807, 2.05) is 7.05 Å². The van der Waals surface area contributed by atoms with Crippen LogP contribution in [0.15, 0.2) is 0 Å². The number of halogens is 1. The molecule has 18 heavy (non-hydrogen) atoms. The number of imide groups is 1. The summed E-state index contributed by atoms with van der Waals surface area (Å²) in [4.78, 5) is 25.6. The summed E-state index contributed by atoms with van der Waals surface area (Å²) >= 11 is 6.53. The predicted molar refractivity (Wildman–Crippen MR) is 67.1 cm³/mol. The summed E-state index contributed by atoms with van der Waals surface area (Å²) in [7, 11) is 1.99. The van der Waals surface area contributed by atoms with E-state index in [0.29, 0.717) is 12.0 Å². The van der Waals surface area contributed by atoms with Crippen LogP contribution in [0.25, 0.3) is 0 Å². The Morgan fingerprint density at radius 2 is 2.00 bits per heavy atom. The van der Waals surface area contributed by atoms with Crippen molar-refractivity contribution in [1.82, 2.24) is 15.5 Å². The van der Waals surface area contributed by atoms with Gasteiger partial charge < -0.3 is 5.32 Å². The zero-order chi connectivity index (χ0) is 12.9. The lowest BCUT2D eigenvalue weighted by atomic mass is 9.73. The van der Waals surface area contributed by atoms with Crippen molar-refractivity contribution in [2.75, 3.05) is 7.05 Å². The Morgan fingerprint density at radius 3 is 2.78 bits per heavy atom. The Morgan fingerprint density at radius 1 is 1.28 bits per heavy atom. The standard InChI is InChI=1S/C12H18ClN3O2/c1-16-7-5-3-2-4-6(7)9(13)8-10(16)14-12(18)15-11(8)17/h6-10H,2-5H2,1H3,(H2,14,15,17,18).